The van der Waals surface area contributed by atoms with E-state index in [1.807, 2.05) is 24.4 Å². The van der Waals surface area contributed by atoms with Gasteiger partial charge in [-0.15, -0.1) is 11.3 Å². The van der Waals surface area contributed by atoms with Crippen molar-refractivity contribution in [3.05, 3.63) is 58.4 Å². The molecule has 2 aromatic heterocycles. The molecule has 3 aromatic rings. The van der Waals surface area contributed by atoms with E-state index in [9.17, 15) is 4.79 Å². The van der Waals surface area contributed by atoms with Crippen molar-refractivity contribution in [2.75, 3.05) is 20.1 Å². The molecule has 28 heavy (non-hydrogen) atoms. The van der Waals surface area contributed by atoms with Crippen LogP contribution in [0.4, 0.5) is 0 Å². The van der Waals surface area contributed by atoms with Crippen LogP contribution in [0.2, 0.25) is 0 Å². The summed E-state index contributed by atoms with van der Waals surface area (Å²) in [5.74, 6) is 1.49. The first-order chi connectivity index (χ1) is 13.7. The molecule has 0 saturated carbocycles. The van der Waals surface area contributed by atoms with Crippen LogP contribution in [0.15, 0.2) is 41.9 Å². The predicted octanol–water partition coefficient (Wildman–Crippen LogP) is 3.20. The monoisotopic (exact) mass is 395 g/mol. The zero-order valence-corrected chi connectivity index (χ0v) is 16.8. The Balaban J connectivity index is 1.38. The lowest BCUT2D eigenvalue weighted by atomic mass is 9.97. The Kier molecular flexibility index (Phi) is 5.83. The molecule has 1 atom stereocenters. The van der Waals surface area contributed by atoms with E-state index in [-0.39, 0.29) is 5.91 Å². The summed E-state index contributed by atoms with van der Waals surface area (Å²) in [5.41, 5.74) is 3.29. The predicted molar refractivity (Wildman–Crippen MR) is 111 cm³/mol. The van der Waals surface area contributed by atoms with Gasteiger partial charge in [0.05, 0.1) is 24.0 Å². The Morgan fingerprint density at radius 1 is 1.36 bits per heavy atom. The maximum Gasteiger partial charge on any atom is 0.226 e. The van der Waals surface area contributed by atoms with Crippen molar-refractivity contribution in [1.29, 1.82) is 0 Å². The first-order valence-electron chi connectivity index (χ1n) is 9.68. The molecule has 1 aliphatic rings. The van der Waals surface area contributed by atoms with Gasteiger partial charge in [0.2, 0.25) is 5.91 Å². The number of nitrogens with zero attached hydrogens (tertiary/aromatic N) is 3. The maximum absolute atomic E-state index is 11.5. The normalized spacial score (nSPS) is 17.5. The van der Waals surface area contributed by atoms with Gasteiger partial charge in [-0.05, 0) is 24.9 Å². The minimum Gasteiger partial charge on any atom is -0.359 e. The van der Waals surface area contributed by atoms with Gasteiger partial charge in [-0.2, -0.15) is 0 Å². The number of likely N-dealkylation sites (tertiary alicyclic amines) is 1. The molecular weight excluding hydrogens is 370 g/mol. The summed E-state index contributed by atoms with van der Waals surface area (Å²) in [5, 5.41) is 5.60. The van der Waals surface area contributed by atoms with Gasteiger partial charge in [0.25, 0.3) is 0 Å². The van der Waals surface area contributed by atoms with Crippen molar-refractivity contribution in [1.82, 2.24) is 25.2 Å². The highest BCUT2D eigenvalue weighted by atomic mass is 32.1. The molecule has 3 heterocycles. The Labute approximate surface area is 169 Å². The summed E-state index contributed by atoms with van der Waals surface area (Å²) in [7, 11) is 1.66. The number of carbonyl (C=O) groups excluding carboxylic acids is 1. The maximum atomic E-state index is 11.5. The van der Waals surface area contributed by atoms with Gasteiger partial charge in [0.1, 0.15) is 10.8 Å². The fraction of sp³-hybridized carbons (Fsp3) is 0.381. The van der Waals surface area contributed by atoms with Crippen LogP contribution in [0.1, 0.15) is 35.3 Å². The molecule has 1 aromatic carbocycles. The third-order valence-electron chi connectivity index (χ3n) is 5.15. The number of nitrogens with one attached hydrogen (secondary N) is 2. The van der Waals surface area contributed by atoms with E-state index in [1.54, 1.807) is 18.4 Å². The number of rotatable bonds is 6. The van der Waals surface area contributed by atoms with E-state index in [1.165, 1.54) is 5.56 Å². The van der Waals surface area contributed by atoms with E-state index < -0.39 is 0 Å². The first-order valence-corrected chi connectivity index (χ1v) is 10.6. The third-order valence-corrected chi connectivity index (χ3v) is 6.05. The summed E-state index contributed by atoms with van der Waals surface area (Å²) < 4.78 is 0. The van der Waals surface area contributed by atoms with Gasteiger partial charge in [-0.25, -0.2) is 9.97 Å². The van der Waals surface area contributed by atoms with E-state index in [2.05, 4.69) is 42.7 Å². The third kappa shape index (κ3) is 4.48. The highest BCUT2D eigenvalue weighted by Crippen LogP contribution is 2.28. The molecule has 0 bridgehead atoms. The standard InChI is InChI=1S/C21H25N5OS/c1-22-19(27)10-20-24-17(14-28-20)13-26-9-5-8-16(12-26)21-23-11-18(25-21)15-6-3-2-4-7-15/h2-4,6-7,11,14,16H,5,8-10,12-13H2,1H3,(H,22,27)(H,23,25). The zero-order valence-electron chi connectivity index (χ0n) is 16.0. The summed E-state index contributed by atoms with van der Waals surface area (Å²) in [4.78, 5) is 26.8. The number of hydrogen-bond acceptors (Lipinski definition) is 5. The van der Waals surface area contributed by atoms with E-state index >= 15 is 0 Å². The van der Waals surface area contributed by atoms with Crippen LogP contribution in [0.25, 0.3) is 11.3 Å². The number of likely N-dealkylation sites (N-methyl/N-ethyl adjacent to an activating group) is 1. The number of piperidine rings is 1. The molecule has 0 radical (unpaired) electrons. The van der Waals surface area contributed by atoms with Crippen LogP contribution in [-0.4, -0.2) is 45.9 Å². The SMILES string of the molecule is CNC(=O)Cc1nc(CN2CCCC(c3ncc(-c4ccccc4)[nH]3)C2)cs1. The molecule has 1 aliphatic heterocycles. The fourth-order valence-corrected chi connectivity index (χ4v) is 4.47. The number of benzene rings is 1. The van der Waals surface area contributed by atoms with Gasteiger partial charge in [-0.1, -0.05) is 30.3 Å². The quantitative estimate of drug-likeness (QED) is 0.672. The molecule has 0 aliphatic carbocycles. The smallest absolute Gasteiger partial charge is 0.226 e. The van der Waals surface area contributed by atoms with Crippen molar-refractivity contribution in [2.24, 2.45) is 0 Å². The molecule has 1 saturated heterocycles. The number of imidazole rings is 1. The highest BCUT2D eigenvalue weighted by Gasteiger charge is 2.24. The number of carbonyl (C=O) groups is 1. The van der Waals surface area contributed by atoms with Crippen LogP contribution < -0.4 is 5.32 Å². The van der Waals surface area contributed by atoms with E-state index in [0.29, 0.717) is 12.3 Å². The molecule has 2 N–H and O–H groups in total. The average molecular weight is 396 g/mol. The van der Waals surface area contributed by atoms with Crippen LogP contribution >= 0.6 is 11.3 Å². The van der Waals surface area contributed by atoms with Crippen molar-refractivity contribution < 1.29 is 4.79 Å². The lowest BCUT2D eigenvalue weighted by molar-refractivity contribution is -0.119. The summed E-state index contributed by atoms with van der Waals surface area (Å²) >= 11 is 1.56. The Morgan fingerprint density at radius 3 is 3.04 bits per heavy atom. The highest BCUT2D eigenvalue weighted by molar-refractivity contribution is 7.09. The van der Waals surface area contributed by atoms with Crippen LogP contribution in [0.5, 0.6) is 0 Å². The number of H-pyrrole nitrogens is 1. The van der Waals surface area contributed by atoms with E-state index in [0.717, 1.165) is 54.7 Å². The summed E-state index contributed by atoms with van der Waals surface area (Å²) in [6.07, 6.45) is 4.60. The molecule has 6 nitrogen and oxygen atoms in total. The van der Waals surface area contributed by atoms with Gasteiger partial charge < -0.3 is 10.3 Å². The van der Waals surface area contributed by atoms with Crippen LogP contribution in [-0.2, 0) is 17.8 Å². The largest absolute Gasteiger partial charge is 0.359 e. The Bertz CT molecular complexity index is 920. The molecule has 4 rings (SSSR count). The lowest BCUT2D eigenvalue weighted by Crippen LogP contribution is -2.34. The summed E-state index contributed by atoms with van der Waals surface area (Å²) in [6.45, 7) is 2.88. The van der Waals surface area contributed by atoms with Gasteiger partial charge in [0, 0.05) is 31.4 Å². The minimum atomic E-state index is 0.00553. The second kappa shape index (κ2) is 8.67. The van der Waals surface area contributed by atoms with Crippen LogP contribution in [0.3, 0.4) is 0 Å². The zero-order chi connectivity index (χ0) is 19.3. The number of hydrogen-bond donors (Lipinski definition) is 2. The molecule has 0 spiro atoms. The van der Waals surface area contributed by atoms with Crippen molar-refractivity contribution >= 4 is 17.2 Å². The number of amides is 1. The average Bonchev–Trinajstić information content (AvgIpc) is 3.39. The first kappa shape index (κ1) is 18.8. The number of thiazole rings is 1. The molecule has 146 valence electrons. The topological polar surface area (TPSA) is 73.9 Å². The fourth-order valence-electron chi connectivity index (χ4n) is 3.69. The van der Waals surface area contributed by atoms with E-state index in [4.69, 9.17) is 0 Å². The van der Waals surface area contributed by atoms with Crippen LogP contribution in [0, 0.1) is 0 Å². The second-order valence-electron chi connectivity index (χ2n) is 7.20. The van der Waals surface area contributed by atoms with Crippen molar-refractivity contribution in [3.63, 3.8) is 0 Å². The van der Waals surface area contributed by atoms with Gasteiger partial charge >= 0.3 is 0 Å². The molecule has 7 heteroatoms. The Hall–Kier alpha value is -2.51. The molecule has 1 fully saturated rings. The molecule has 1 amide bonds. The van der Waals surface area contributed by atoms with Crippen molar-refractivity contribution in [3.8, 4) is 11.3 Å². The Morgan fingerprint density at radius 2 is 2.21 bits per heavy atom. The summed E-state index contributed by atoms with van der Waals surface area (Å²) in [6, 6.07) is 10.3. The lowest BCUT2D eigenvalue weighted by Gasteiger charge is -2.31. The molecule has 1 unspecified atom stereocenters. The second-order valence-corrected chi connectivity index (χ2v) is 8.15. The minimum absolute atomic E-state index is 0.00553. The number of aromatic nitrogens is 3. The molecular formula is C21H25N5OS. The van der Waals surface area contributed by atoms with Crippen molar-refractivity contribution in [2.45, 2.75) is 31.7 Å². The number of aromatic amines is 1. The van der Waals surface area contributed by atoms with Gasteiger partial charge in [0.15, 0.2) is 0 Å². The van der Waals surface area contributed by atoms with Gasteiger partial charge in [-0.3, -0.25) is 9.69 Å².